The van der Waals surface area contributed by atoms with Crippen molar-refractivity contribution in [2.24, 2.45) is 5.10 Å². The van der Waals surface area contributed by atoms with E-state index in [0.717, 1.165) is 0 Å². The van der Waals surface area contributed by atoms with E-state index in [1.54, 1.807) is 18.2 Å². The molecule has 180 valence electrons. The summed E-state index contributed by atoms with van der Waals surface area (Å²) in [5.41, 5.74) is 3.00. The van der Waals surface area contributed by atoms with Crippen LogP contribution in [-0.2, 0) is 22.6 Å². The van der Waals surface area contributed by atoms with Crippen LogP contribution in [0.5, 0.6) is 17.2 Å². The van der Waals surface area contributed by atoms with Gasteiger partial charge in [0.05, 0.1) is 6.21 Å². The molecule has 0 aromatic heterocycles. The topological polar surface area (TPSA) is 63.1 Å². The van der Waals surface area contributed by atoms with Crippen molar-refractivity contribution < 1.29 is 14.2 Å². The summed E-state index contributed by atoms with van der Waals surface area (Å²) in [4.78, 5) is 0. The van der Waals surface area contributed by atoms with Gasteiger partial charge >= 0.3 is 6.64 Å². The summed E-state index contributed by atoms with van der Waals surface area (Å²) in [6.07, 6.45) is 1.49. The Bertz CT molecular complexity index is 1110. The fourth-order valence-corrected chi connectivity index (χ4v) is 4.91. The van der Waals surface area contributed by atoms with Gasteiger partial charge in [-0.3, -0.25) is 0 Å². The molecule has 7 heteroatoms. The standard InChI is InChI=1S/C27H33N2O3PS/c1-26(2,3)21-11-15-23(16-12-21)31-33(34,29-28-19-20-9-7-8-10-25(20)30)32-24-17-13-22(14-18-24)27(4,5)6/h7-19,30H,1-6H3,(H,29,34)/b28-19+. The largest absolute Gasteiger partial charge is 0.507 e. The first-order valence-electron chi connectivity index (χ1n) is 11.1. The molecule has 34 heavy (non-hydrogen) atoms. The molecule has 0 aliphatic heterocycles. The van der Waals surface area contributed by atoms with Crippen LogP contribution in [-0.4, -0.2) is 11.3 Å². The Labute approximate surface area is 208 Å². The van der Waals surface area contributed by atoms with Crippen LogP contribution in [0.15, 0.2) is 77.9 Å². The van der Waals surface area contributed by atoms with Crippen LogP contribution in [0.25, 0.3) is 0 Å². The van der Waals surface area contributed by atoms with Gasteiger partial charge in [-0.25, -0.2) is 5.20 Å². The van der Waals surface area contributed by atoms with Crippen LogP contribution < -0.4 is 14.2 Å². The van der Waals surface area contributed by atoms with Gasteiger partial charge < -0.3 is 14.2 Å². The van der Waals surface area contributed by atoms with Gasteiger partial charge in [0.15, 0.2) is 0 Å². The van der Waals surface area contributed by atoms with E-state index < -0.39 is 6.64 Å². The lowest BCUT2D eigenvalue weighted by molar-refractivity contribution is 0.470. The molecule has 0 heterocycles. The van der Waals surface area contributed by atoms with Gasteiger partial charge in [0.2, 0.25) is 0 Å². The first-order chi connectivity index (χ1) is 15.9. The third-order valence-corrected chi connectivity index (χ3v) is 7.17. The number of benzene rings is 3. The van der Waals surface area contributed by atoms with Gasteiger partial charge in [-0.1, -0.05) is 77.9 Å². The molecule has 0 aliphatic carbocycles. The van der Waals surface area contributed by atoms with E-state index in [2.05, 4.69) is 51.8 Å². The fraction of sp³-hybridized carbons (Fsp3) is 0.296. The van der Waals surface area contributed by atoms with Crippen molar-refractivity contribution in [2.75, 3.05) is 0 Å². The number of phenolic OH excluding ortho intramolecular Hbond substituents is 1. The summed E-state index contributed by atoms with van der Waals surface area (Å²) < 4.78 is 12.3. The molecule has 0 radical (unpaired) electrons. The molecule has 0 saturated heterocycles. The maximum Gasteiger partial charge on any atom is 0.408 e. The highest BCUT2D eigenvalue weighted by molar-refractivity contribution is 8.09. The predicted octanol–water partition coefficient (Wildman–Crippen LogP) is 7.29. The Balaban J connectivity index is 1.85. The van der Waals surface area contributed by atoms with Crippen molar-refractivity contribution in [2.45, 2.75) is 52.4 Å². The average Bonchev–Trinajstić information content (AvgIpc) is 2.74. The molecule has 5 nitrogen and oxygen atoms in total. The molecule has 3 aromatic carbocycles. The van der Waals surface area contributed by atoms with Gasteiger partial charge in [-0.05, 0) is 58.4 Å². The van der Waals surface area contributed by atoms with E-state index in [1.807, 2.05) is 54.6 Å². The van der Waals surface area contributed by atoms with Crippen LogP contribution in [0.4, 0.5) is 0 Å². The third kappa shape index (κ3) is 7.09. The smallest absolute Gasteiger partial charge is 0.408 e. The Hall–Kier alpha value is -2.82. The predicted molar refractivity (Wildman–Crippen MR) is 145 cm³/mol. The maximum atomic E-state index is 10.00. The van der Waals surface area contributed by atoms with Crippen LogP contribution in [0.1, 0.15) is 58.2 Å². The van der Waals surface area contributed by atoms with Crippen molar-refractivity contribution in [1.82, 2.24) is 5.20 Å². The monoisotopic (exact) mass is 496 g/mol. The molecule has 3 aromatic rings. The Morgan fingerprint density at radius 3 is 1.62 bits per heavy atom. The SMILES string of the molecule is CC(C)(C)c1ccc(OP(=S)(N/N=C/c2ccccc2O)Oc2ccc(C(C)(C)C)cc2)cc1. The number of hydrazone groups is 1. The molecular weight excluding hydrogens is 463 g/mol. The van der Waals surface area contributed by atoms with Gasteiger partial charge in [-0.15, -0.1) is 0 Å². The highest BCUT2D eigenvalue weighted by Crippen LogP contribution is 2.45. The summed E-state index contributed by atoms with van der Waals surface area (Å²) >= 11 is 5.81. The van der Waals surface area contributed by atoms with Gasteiger partial charge in [-0.2, -0.15) is 5.10 Å². The highest BCUT2D eigenvalue weighted by Gasteiger charge is 2.24. The molecule has 0 unspecified atom stereocenters. The molecule has 2 N–H and O–H groups in total. The van der Waals surface area contributed by atoms with E-state index in [4.69, 9.17) is 20.9 Å². The van der Waals surface area contributed by atoms with Gasteiger partial charge in [0.25, 0.3) is 0 Å². The summed E-state index contributed by atoms with van der Waals surface area (Å²) in [6, 6.07) is 22.6. The van der Waals surface area contributed by atoms with Crippen molar-refractivity contribution in [1.29, 1.82) is 0 Å². The Morgan fingerprint density at radius 2 is 1.21 bits per heavy atom. The molecule has 0 atom stereocenters. The summed E-state index contributed by atoms with van der Waals surface area (Å²) in [7, 11) is 0. The lowest BCUT2D eigenvalue weighted by Gasteiger charge is -2.24. The minimum atomic E-state index is -3.12. The van der Waals surface area contributed by atoms with E-state index in [9.17, 15) is 5.11 Å². The quantitative estimate of drug-likeness (QED) is 0.204. The van der Waals surface area contributed by atoms with Crippen LogP contribution in [0.3, 0.4) is 0 Å². The van der Waals surface area contributed by atoms with E-state index in [0.29, 0.717) is 17.1 Å². The van der Waals surface area contributed by atoms with E-state index in [1.165, 1.54) is 17.3 Å². The number of hydrogen-bond donors (Lipinski definition) is 2. The number of nitrogens with zero attached hydrogens (tertiary/aromatic N) is 1. The summed E-state index contributed by atoms with van der Waals surface area (Å²) in [5.74, 6) is 1.31. The van der Waals surface area contributed by atoms with E-state index in [-0.39, 0.29) is 16.6 Å². The number of aromatic hydroxyl groups is 1. The van der Waals surface area contributed by atoms with Crippen LogP contribution in [0, 0.1) is 0 Å². The molecule has 0 aliphatic rings. The second-order valence-corrected chi connectivity index (χ2v) is 13.1. The van der Waals surface area contributed by atoms with Crippen molar-refractivity contribution >= 4 is 24.7 Å². The Kier molecular flexibility index (Phi) is 7.74. The second-order valence-electron chi connectivity index (χ2n) is 10.1. The van der Waals surface area contributed by atoms with Crippen LogP contribution >= 0.6 is 6.64 Å². The normalized spacial score (nSPS) is 12.5. The van der Waals surface area contributed by atoms with Gasteiger partial charge in [0.1, 0.15) is 17.2 Å². The fourth-order valence-electron chi connectivity index (χ4n) is 3.13. The van der Waals surface area contributed by atoms with Crippen molar-refractivity contribution in [3.63, 3.8) is 0 Å². The second kappa shape index (κ2) is 10.2. The maximum absolute atomic E-state index is 10.00. The molecule has 0 spiro atoms. The zero-order chi connectivity index (χ0) is 25.0. The molecule has 0 bridgehead atoms. The summed E-state index contributed by atoms with van der Waals surface area (Å²) in [5, 5.41) is 17.1. The number of rotatable bonds is 7. The van der Waals surface area contributed by atoms with Crippen molar-refractivity contribution in [3.05, 3.63) is 89.5 Å². The third-order valence-electron chi connectivity index (χ3n) is 5.21. The minimum Gasteiger partial charge on any atom is -0.507 e. The number of phenols is 1. The van der Waals surface area contributed by atoms with Crippen molar-refractivity contribution in [3.8, 4) is 17.2 Å². The zero-order valence-electron chi connectivity index (χ0n) is 20.6. The molecule has 0 fully saturated rings. The lowest BCUT2D eigenvalue weighted by Crippen LogP contribution is -2.15. The zero-order valence-corrected chi connectivity index (χ0v) is 22.3. The Morgan fingerprint density at radius 1 is 0.765 bits per heavy atom. The molecular formula is C27H33N2O3PS. The van der Waals surface area contributed by atoms with Gasteiger partial charge in [0, 0.05) is 17.4 Å². The molecule has 0 amide bonds. The first kappa shape index (κ1) is 25.8. The van der Waals surface area contributed by atoms with Crippen LogP contribution in [0.2, 0.25) is 0 Å². The number of para-hydroxylation sites is 1. The molecule has 3 rings (SSSR count). The average molecular weight is 497 g/mol. The lowest BCUT2D eigenvalue weighted by atomic mass is 9.87. The minimum absolute atomic E-state index is 0.0320. The highest BCUT2D eigenvalue weighted by atomic mass is 32.5. The first-order valence-corrected chi connectivity index (χ1v) is 13.8. The summed E-state index contributed by atoms with van der Waals surface area (Å²) in [6.45, 7) is 9.83. The van der Waals surface area contributed by atoms with E-state index >= 15 is 0 Å². The number of nitrogens with one attached hydrogen (secondary N) is 1. The molecule has 0 saturated carbocycles. The number of hydrogen-bond acceptors (Lipinski definition) is 5.